The van der Waals surface area contributed by atoms with Crippen LogP contribution in [-0.2, 0) is 0 Å². The Bertz CT molecular complexity index is 541. The van der Waals surface area contributed by atoms with Crippen molar-refractivity contribution >= 4 is 34.0 Å². The topological polar surface area (TPSA) is 58.4 Å². The first kappa shape index (κ1) is 14.0. The van der Waals surface area contributed by atoms with Gasteiger partial charge in [0, 0.05) is 31.3 Å². The van der Waals surface area contributed by atoms with Crippen molar-refractivity contribution in [3.8, 4) is 0 Å². The zero-order valence-electron chi connectivity index (χ0n) is 10.8. The van der Waals surface area contributed by atoms with E-state index in [2.05, 4.69) is 5.32 Å². The van der Waals surface area contributed by atoms with Gasteiger partial charge < -0.3 is 10.2 Å². The largest absolute Gasteiger partial charge is 0.364 e. The van der Waals surface area contributed by atoms with E-state index in [0.717, 1.165) is 25.9 Å². The summed E-state index contributed by atoms with van der Waals surface area (Å²) in [4.78, 5) is 12.7. The number of nitro benzene ring substituents is 1. The highest BCUT2D eigenvalue weighted by molar-refractivity contribution is 14.1. The number of anilines is 1. The molecule has 3 rings (SSSR count). The SMILES string of the molecule is O=[N+]([O-])c1cc(I)c(F)cc1N1C[C@@H]2CCCN[C@@H]2C1. The monoisotopic (exact) mass is 391 g/mol. The summed E-state index contributed by atoms with van der Waals surface area (Å²) in [6, 6.07) is 2.99. The molecule has 2 fully saturated rings. The second kappa shape index (κ2) is 5.44. The van der Waals surface area contributed by atoms with Gasteiger partial charge in [-0.3, -0.25) is 10.1 Å². The summed E-state index contributed by atoms with van der Waals surface area (Å²) in [5.74, 6) is 0.111. The van der Waals surface area contributed by atoms with Crippen molar-refractivity contribution in [3.05, 3.63) is 31.6 Å². The summed E-state index contributed by atoms with van der Waals surface area (Å²) < 4.78 is 14.1. The first-order valence-electron chi connectivity index (χ1n) is 6.68. The van der Waals surface area contributed by atoms with E-state index in [-0.39, 0.29) is 9.26 Å². The van der Waals surface area contributed by atoms with E-state index < -0.39 is 10.7 Å². The fourth-order valence-electron chi connectivity index (χ4n) is 3.17. The van der Waals surface area contributed by atoms with Crippen LogP contribution in [0.15, 0.2) is 12.1 Å². The molecule has 7 heteroatoms. The number of piperidine rings is 1. The molecule has 0 aromatic heterocycles. The Hall–Kier alpha value is -0.960. The summed E-state index contributed by atoms with van der Waals surface area (Å²) in [6.45, 7) is 2.47. The minimum atomic E-state index is -0.424. The highest BCUT2D eigenvalue weighted by atomic mass is 127. The van der Waals surface area contributed by atoms with Gasteiger partial charge in [0.2, 0.25) is 0 Å². The van der Waals surface area contributed by atoms with Crippen molar-refractivity contribution in [2.75, 3.05) is 24.5 Å². The van der Waals surface area contributed by atoms with Gasteiger partial charge in [-0.2, -0.15) is 0 Å². The molecule has 0 bridgehead atoms. The van der Waals surface area contributed by atoms with E-state index in [1.807, 2.05) is 4.90 Å². The van der Waals surface area contributed by atoms with E-state index in [1.54, 1.807) is 22.6 Å². The maximum atomic E-state index is 13.8. The standard InChI is InChI=1S/C13H15FIN3O2/c14-9-4-12(13(18(19)20)5-10(9)15)17-6-8-2-1-3-16-11(8)7-17/h4-5,8,11,16H,1-3,6-7H2/t8-,11+/m0/s1. The van der Waals surface area contributed by atoms with Gasteiger partial charge in [0.15, 0.2) is 0 Å². The fraction of sp³-hybridized carbons (Fsp3) is 0.538. The van der Waals surface area contributed by atoms with Crippen LogP contribution >= 0.6 is 22.6 Å². The smallest absolute Gasteiger partial charge is 0.293 e. The van der Waals surface area contributed by atoms with Crippen LogP contribution < -0.4 is 10.2 Å². The minimum Gasteiger partial charge on any atom is -0.364 e. The van der Waals surface area contributed by atoms with Gasteiger partial charge in [-0.1, -0.05) is 0 Å². The van der Waals surface area contributed by atoms with Crippen molar-refractivity contribution in [1.82, 2.24) is 5.32 Å². The Morgan fingerprint density at radius 3 is 2.95 bits per heavy atom. The summed E-state index contributed by atoms with van der Waals surface area (Å²) in [5.41, 5.74) is 0.401. The molecular formula is C13H15FIN3O2. The zero-order chi connectivity index (χ0) is 14.3. The Balaban J connectivity index is 1.93. The second-order valence-electron chi connectivity index (χ2n) is 5.38. The Kier molecular flexibility index (Phi) is 3.80. The van der Waals surface area contributed by atoms with E-state index >= 15 is 0 Å². The first-order chi connectivity index (χ1) is 9.56. The number of halogens is 2. The van der Waals surface area contributed by atoms with E-state index in [9.17, 15) is 14.5 Å². The molecule has 0 aliphatic carbocycles. The Morgan fingerprint density at radius 1 is 1.45 bits per heavy atom. The number of hydrogen-bond acceptors (Lipinski definition) is 4. The van der Waals surface area contributed by atoms with Gasteiger partial charge in [0.05, 0.1) is 8.49 Å². The van der Waals surface area contributed by atoms with Crippen molar-refractivity contribution in [3.63, 3.8) is 0 Å². The van der Waals surface area contributed by atoms with Crippen LogP contribution in [0.3, 0.4) is 0 Å². The predicted molar refractivity (Wildman–Crippen MR) is 82.5 cm³/mol. The molecule has 2 heterocycles. The molecule has 1 aromatic rings. The maximum absolute atomic E-state index is 13.8. The molecule has 0 spiro atoms. The van der Waals surface area contributed by atoms with Gasteiger partial charge >= 0.3 is 0 Å². The van der Waals surface area contributed by atoms with Gasteiger partial charge in [-0.05, 0) is 47.9 Å². The Morgan fingerprint density at radius 2 is 2.25 bits per heavy atom. The highest BCUT2D eigenvalue weighted by Gasteiger charge is 2.36. The molecule has 2 saturated heterocycles. The number of nitrogens with zero attached hydrogens (tertiary/aromatic N) is 2. The van der Waals surface area contributed by atoms with Crippen molar-refractivity contribution < 1.29 is 9.31 Å². The van der Waals surface area contributed by atoms with Crippen LogP contribution in [0.1, 0.15) is 12.8 Å². The molecule has 5 nitrogen and oxygen atoms in total. The third-order valence-electron chi connectivity index (χ3n) is 4.15. The lowest BCUT2D eigenvalue weighted by Crippen LogP contribution is -2.40. The van der Waals surface area contributed by atoms with Crippen LogP contribution in [-0.4, -0.2) is 30.6 Å². The lowest BCUT2D eigenvalue weighted by atomic mass is 9.94. The number of fused-ring (bicyclic) bond motifs is 1. The van der Waals surface area contributed by atoms with Crippen LogP contribution in [0.2, 0.25) is 0 Å². The quantitative estimate of drug-likeness (QED) is 0.478. The van der Waals surface area contributed by atoms with Crippen molar-refractivity contribution in [2.24, 2.45) is 5.92 Å². The molecule has 2 aliphatic rings. The van der Waals surface area contributed by atoms with E-state index in [4.69, 9.17) is 0 Å². The number of benzene rings is 1. The lowest BCUT2D eigenvalue weighted by molar-refractivity contribution is -0.384. The number of hydrogen-bond donors (Lipinski definition) is 1. The molecule has 0 radical (unpaired) electrons. The lowest BCUT2D eigenvalue weighted by Gasteiger charge is -2.24. The first-order valence-corrected chi connectivity index (χ1v) is 7.76. The van der Waals surface area contributed by atoms with Gasteiger partial charge in [0.25, 0.3) is 5.69 Å². The highest BCUT2D eigenvalue weighted by Crippen LogP contribution is 2.36. The van der Waals surface area contributed by atoms with E-state index in [1.165, 1.54) is 12.1 Å². The molecule has 0 amide bonds. The van der Waals surface area contributed by atoms with Gasteiger partial charge in [0.1, 0.15) is 11.5 Å². The molecular weight excluding hydrogens is 376 g/mol. The second-order valence-corrected chi connectivity index (χ2v) is 6.54. The average molecular weight is 391 g/mol. The van der Waals surface area contributed by atoms with Crippen molar-refractivity contribution in [1.29, 1.82) is 0 Å². The zero-order valence-corrected chi connectivity index (χ0v) is 13.0. The van der Waals surface area contributed by atoms with Crippen LogP contribution in [0.4, 0.5) is 15.8 Å². The molecule has 2 aliphatic heterocycles. The summed E-state index contributed by atoms with van der Waals surface area (Å²) >= 11 is 1.79. The number of nitrogens with one attached hydrogen (secondary N) is 1. The normalized spacial score (nSPS) is 25.6. The maximum Gasteiger partial charge on any atom is 0.293 e. The minimum absolute atomic E-state index is 0.00514. The fourth-order valence-corrected chi connectivity index (χ4v) is 3.62. The van der Waals surface area contributed by atoms with Gasteiger partial charge in [-0.25, -0.2) is 4.39 Å². The third kappa shape index (κ3) is 2.48. The van der Waals surface area contributed by atoms with Gasteiger partial charge in [-0.15, -0.1) is 0 Å². The third-order valence-corrected chi connectivity index (χ3v) is 4.98. The number of rotatable bonds is 2. The summed E-state index contributed by atoms with van der Waals surface area (Å²) in [7, 11) is 0. The molecule has 108 valence electrons. The molecule has 1 aromatic carbocycles. The van der Waals surface area contributed by atoms with Crippen LogP contribution in [0.5, 0.6) is 0 Å². The number of nitro groups is 1. The van der Waals surface area contributed by atoms with Crippen LogP contribution in [0, 0.1) is 25.4 Å². The molecule has 2 atom stereocenters. The summed E-state index contributed by atoms with van der Waals surface area (Å²) in [5, 5.41) is 14.6. The molecule has 0 unspecified atom stereocenters. The predicted octanol–water partition coefficient (Wildman–Crippen LogP) is 2.53. The van der Waals surface area contributed by atoms with E-state index in [0.29, 0.717) is 24.2 Å². The molecule has 20 heavy (non-hydrogen) atoms. The Labute approximate surface area is 129 Å². The molecule has 1 N–H and O–H groups in total. The van der Waals surface area contributed by atoms with Crippen LogP contribution in [0.25, 0.3) is 0 Å². The molecule has 0 saturated carbocycles. The average Bonchev–Trinajstić information content (AvgIpc) is 2.84. The van der Waals surface area contributed by atoms with Crippen molar-refractivity contribution in [2.45, 2.75) is 18.9 Å². The summed E-state index contributed by atoms with van der Waals surface area (Å²) in [6.07, 6.45) is 2.27.